The molecule has 1 N–H and O–H groups in total. The van der Waals surface area contributed by atoms with E-state index in [-0.39, 0.29) is 18.7 Å². The first-order chi connectivity index (χ1) is 12.7. The van der Waals surface area contributed by atoms with Crippen LogP contribution in [0.15, 0.2) is 66.8 Å². The highest BCUT2D eigenvalue weighted by Crippen LogP contribution is 2.32. The number of fused-ring (bicyclic) bond motifs is 1. The van der Waals surface area contributed by atoms with Gasteiger partial charge in [-0.2, -0.15) is 0 Å². The normalized spacial score (nSPS) is 14.0. The third-order valence-electron chi connectivity index (χ3n) is 4.14. The maximum Gasteiger partial charge on any atom is 0.244 e. The van der Waals surface area contributed by atoms with E-state index in [1.807, 2.05) is 55.5 Å². The van der Waals surface area contributed by atoms with E-state index < -0.39 is 0 Å². The number of nitrogens with one attached hydrogen (secondary N) is 1. The van der Waals surface area contributed by atoms with Gasteiger partial charge < -0.3 is 14.8 Å². The summed E-state index contributed by atoms with van der Waals surface area (Å²) in [6, 6.07) is 16.2. The molecule has 1 amide bonds. The number of aryl methyl sites for hydroxylation is 1. The number of carbonyl (C=O) groups excluding carboxylic acids is 1. The van der Waals surface area contributed by atoms with Gasteiger partial charge in [0.15, 0.2) is 11.5 Å². The molecule has 134 valence electrons. The van der Waals surface area contributed by atoms with E-state index >= 15 is 0 Å². The minimum Gasteiger partial charge on any atom is -0.454 e. The van der Waals surface area contributed by atoms with Crippen LogP contribution in [0.3, 0.4) is 0 Å². The zero-order chi connectivity index (χ0) is 18.2. The summed E-state index contributed by atoms with van der Waals surface area (Å²) in [5, 5.41) is 2.99. The second-order valence-electron chi connectivity index (χ2n) is 6.26. The molecular weight excluding hydrogens is 326 g/mol. The monoisotopic (exact) mass is 349 g/mol. The minimum atomic E-state index is -0.0825. The number of hydrogen-bond acceptors (Lipinski definition) is 3. The highest BCUT2D eigenvalue weighted by molar-refractivity contribution is 5.88. The Bertz CT molecular complexity index is 796. The molecule has 0 aromatic heterocycles. The third-order valence-corrected chi connectivity index (χ3v) is 4.14. The van der Waals surface area contributed by atoms with Crippen LogP contribution in [0.1, 0.15) is 24.5 Å². The predicted molar refractivity (Wildman–Crippen MR) is 103 cm³/mol. The third kappa shape index (κ3) is 5.24. The van der Waals surface area contributed by atoms with Crippen molar-refractivity contribution in [3.63, 3.8) is 0 Å². The molecule has 1 heterocycles. The number of rotatable bonds is 7. The number of carbonyl (C=O) groups is 1. The van der Waals surface area contributed by atoms with E-state index in [9.17, 15) is 4.79 Å². The molecular formula is C22H23NO3. The largest absolute Gasteiger partial charge is 0.454 e. The molecule has 4 nitrogen and oxygen atoms in total. The summed E-state index contributed by atoms with van der Waals surface area (Å²) in [7, 11) is 0. The first kappa shape index (κ1) is 17.8. The first-order valence-corrected chi connectivity index (χ1v) is 8.79. The second-order valence-corrected chi connectivity index (χ2v) is 6.26. The van der Waals surface area contributed by atoms with E-state index in [0.29, 0.717) is 0 Å². The lowest BCUT2D eigenvalue weighted by molar-refractivity contribution is -0.117. The highest BCUT2D eigenvalue weighted by atomic mass is 16.7. The van der Waals surface area contributed by atoms with Crippen molar-refractivity contribution in [2.75, 3.05) is 6.79 Å². The molecule has 1 unspecified atom stereocenters. The van der Waals surface area contributed by atoms with Gasteiger partial charge in [0.1, 0.15) is 0 Å². The van der Waals surface area contributed by atoms with Crippen LogP contribution in [0.4, 0.5) is 0 Å². The lowest BCUT2D eigenvalue weighted by Crippen LogP contribution is -2.31. The van der Waals surface area contributed by atoms with E-state index in [2.05, 4.69) is 17.4 Å². The quantitative estimate of drug-likeness (QED) is 0.604. The molecule has 4 heteroatoms. The summed E-state index contributed by atoms with van der Waals surface area (Å²) in [4.78, 5) is 12.0. The Labute approximate surface area is 154 Å². The molecule has 0 saturated carbocycles. The zero-order valence-corrected chi connectivity index (χ0v) is 14.9. The number of ether oxygens (including phenoxy) is 2. The molecule has 2 aromatic rings. The van der Waals surface area contributed by atoms with Gasteiger partial charge in [0.2, 0.25) is 12.7 Å². The van der Waals surface area contributed by atoms with Crippen LogP contribution in [0.25, 0.3) is 6.08 Å². The summed E-state index contributed by atoms with van der Waals surface area (Å²) >= 11 is 0. The average Bonchev–Trinajstić information content (AvgIpc) is 3.12. The van der Waals surface area contributed by atoms with E-state index in [4.69, 9.17) is 9.47 Å². The molecule has 0 saturated heterocycles. The summed E-state index contributed by atoms with van der Waals surface area (Å²) in [6.07, 6.45) is 8.91. The van der Waals surface area contributed by atoms with Gasteiger partial charge in [-0.05, 0) is 43.0 Å². The standard InChI is InChI=1S/C22H23NO3/c1-17(11-12-18-7-3-2-4-8-18)23-22(24)10-6-5-9-19-13-14-20-21(15-19)26-16-25-20/h2-10,13-15,17H,11-12,16H2,1H3,(H,23,24)/b9-5+,10-6+. The molecule has 0 fully saturated rings. The SMILES string of the molecule is CC(CCc1ccccc1)NC(=O)/C=C/C=C/c1ccc2c(c1)OCO2. The van der Waals surface area contributed by atoms with Gasteiger partial charge in [-0.15, -0.1) is 0 Å². The van der Waals surface area contributed by atoms with Crippen LogP contribution in [0.5, 0.6) is 11.5 Å². The molecule has 3 rings (SSSR count). The van der Waals surface area contributed by atoms with Crippen molar-refractivity contribution in [3.8, 4) is 11.5 Å². The summed E-state index contributed by atoms with van der Waals surface area (Å²) < 4.78 is 10.6. The summed E-state index contributed by atoms with van der Waals surface area (Å²) in [5.41, 5.74) is 2.28. The Kier molecular flexibility index (Phi) is 6.09. The summed E-state index contributed by atoms with van der Waals surface area (Å²) in [6.45, 7) is 2.29. The molecule has 1 aliphatic heterocycles. The van der Waals surface area contributed by atoms with Crippen molar-refractivity contribution in [1.82, 2.24) is 5.32 Å². The van der Waals surface area contributed by atoms with Gasteiger partial charge in [0.25, 0.3) is 0 Å². The van der Waals surface area contributed by atoms with Crippen LogP contribution in [-0.4, -0.2) is 18.7 Å². The molecule has 0 bridgehead atoms. The van der Waals surface area contributed by atoms with Crippen LogP contribution in [0, 0.1) is 0 Å². The first-order valence-electron chi connectivity index (χ1n) is 8.79. The van der Waals surface area contributed by atoms with Gasteiger partial charge in [-0.3, -0.25) is 4.79 Å². The van der Waals surface area contributed by atoms with E-state index in [0.717, 1.165) is 29.9 Å². The van der Waals surface area contributed by atoms with Crippen LogP contribution in [0.2, 0.25) is 0 Å². The van der Waals surface area contributed by atoms with Crippen LogP contribution in [-0.2, 0) is 11.2 Å². The van der Waals surface area contributed by atoms with Gasteiger partial charge >= 0.3 is 0 Å². The van der Waals surface area contributed by atoms with E-state index in [1.54, 1.807) is 12.2 Å². The number of benzene rings is 2. The Hall–Kier alpha value is -3.01. The van der Waals surface area contributed by atoms with Crippen molar-refractivity contribution >= 4 is 12.0 Å². The summed E-state index contributed by atoms with van der Waals surface area (Å²) in [5.74, 6) is 1.43. The average molecular weight is 349 g/mol. The fourth-order valence-corrected chi connectivity index (χ4v) is 2.72. The van der Waals surface area contributed by atoms with Crippen LogP contribution >= 0.6 is 0 Å². The Morgan fingerprint density at radius 3 is 2.77 bits per heavy atom. The molecule has 0 spiro atoms. The van der Waals surface area contributed by atoms with Gasteiger partial charge in [-0.25, -0.2) is 0 Å². The molecule has 2 aromatic carbocycles. The predicted octanol–water partition coefficient (Wildman–Crippen LogP) is 4.12. The molecule has 0 radical (unpaired) electrons. The molecule has 0 aliphatic carbocycles. The van der Waals surface area contributed by atoms with Crippen molar-refractivity contribution in [3.05, 3.63) is 77.9 Å². The van der Waals surface area contributed by atoms with Crippen molar-refractivity contribution < 1.29 is 14.3 Å². The van der Waals surface area contributed by atoms with Crippen molar-refractivity contribution in [2.45, 2.75) is 25.8 Å². The smallest absolute Gasteiger partial charge is 0.244 e. The molecule has 26 heavy (non-hydrogen) atoms. The molecule has 1 aliphatic rings. The van der Waals surface area contributed by atoms with Crippen molar-refractivity contribution in [2.24, 2.45) is 0 Å². The fourth-order valence-electron chi connectivity index (χ4n) is 2.72. The van der Waals surface area contributed by atoms with Crippen LogP contribution < -0.4 is 14.8 Å². The van der Waals surface area contributed by atoms with Gasteiger partial charge in [0.05, 0.1) is 0 Å². The Morgan fingerprint density at radius 2 is 1.92 bits per heavy atom. The Balaban J connectivity index is 1.42. The highest BCUT2D eigenvalue weighted by Gasteiger charge is 2.12. The molecule has 1 atom stereocenters. The number of allylic oxidation sites excluding steroid dienone is 2. The zero-order valence-electron chi connectivity index (χ0n) is 14.9. The van der Waals surface area contributed by atoms with E-state index in [1.165, 1.54) is 5.56 Å². The lowest BCUT2D eigenvalue weighted by atomic mass is 10.1. The Morgan fingerprint density at radius 1 is 1.12 bits per heavy atom. The van der Waals surface area contributed by atoms with Crippen molar-refractivity contribution in [1.29, 1.82) is 0 Å². The van der Waals surface area contributed by atoms with Gasteiger partial charge in [0, 0.05) is 12.1 Å². The topological polar surface area (TPSA) is 47.6 Å². The van der Waals surface area contributed by atoms with Gasteiger partial charge in [-0.1, -0.05) is 54.6 Å². The lowest BCUT2D eigenvalue weighted by Gasteiger charge is -2.12. The number of amides is 1. The number of hydrogen-bond donors (Lipinski definition) is 1. The maximum absolute atomic E-state index is 12.0. The second kappa shape index (κ2) is 8.90. The maximum atomic E-state index is 12.0. The fraction of sp³-hybridized carbons (Fsp3) is 0.227. The minimum absolute atomic E-state index is 0.0825.